The number of benzene rings is 2. The second-order valence-corrected chi connectivity index (χ2v) is 10.2. The highest BCUT2D eigenvalue weighted by atomic mass is 16.5. The van der Waals surface area contributed by atoms with Crippen LogP contribution in [0.25, 0.3) is 10.9 Å². The summed E-state index contributed by atoms with van der Waals surface area (Å²) < 4.78 is 7.60. The molecule has 2 fully saturated rings. The zero-order valence-corrected chi connectivity index (χ0v) is 21.4. The van der Waals surface area contributed by atoms with E-state index < -0.39 is 0 Å². The SMILES string of the molecule is COc1ccccc1N1CCN([C@H](c2cc3cc(C)ccc3[nH]c2=O)c2nnnn2C2CCCC2)CC1. The fraction of sp³-hybridized carbons (Fsp3) is 0.429. The number of hydrogen-bond donors (Lipinski definition) is 1. The molecule has 2 aliphatic rings. The van der Waals surface area contributed by atoms with Gasteiger partial charge >= 0.3 is 0 Å². The van der Waals surface area contributed by atoms with Gasteiger partial charge in [-0.3, -0.25) is 9.69 Å². The lowest BCUT2D eigenvalue weighted by atomic mass is 10.0. The average molecular weight is 500 g/mol. The third-order valence-electron chi connectivity index (χ3n) is 7.86. The molecular formula is C28H33N7O2. The number of piperazine rings is 1. The van der Waals surface area contributed by atoms with Crippen LogP contribution in [-0.2, 0) is 0 Å². The van der Waals surface area contributed by atoms with E-state index in [4.69, 9.17) is 4.74 Å². The second-order valence-electron chi connectivity index (χ2n) is 10.2. The number of hydrogen-bond acceptors (Lipinski definition) is 7. The standard InChI is InChI=1S/C28H33N7O2/c1-19-11-12-23-20(17-19)18-22(28(36)29-23)26(27-30-31-32-35(27)21-7-3-4-8-21)34-15-13-33(14-16-34)24-9-5-6-10-25(24)37-2/h5-6,9-12,17-18,21,26H,3-4,7-8,13-16H2,1-2H3,(H,29,36)/t26-/m1/s1. The Bertz CT molecular complexity index is 1450. The molecule has 1 saturated carbocycles. The zero-order chi connectivity index (χ0) is 25.4. The van der Waals surface area contributed by atoms with Crippen molar-refractivity contribution in [1.82, 2.24) is 30.1 Å². The summed E-state index contributed by atoms with van der Waals surface area (Å²) in [4.78, 5) is 21.3. The van der Waals surface area contributed by atoms with Crippen LogP contribution in [-0.4, -0.2) is 63.4 Å². The van der Waals surface area contributed by atoms with Crippen molar-refractivity contribution in [2.75, 3.05) is 38.2 Å². The highest BCUT2D eigenvalue weighted by molar-refractivity contribution is 5.79. The molecule has 1 aliphatic heterocycles. The van der Waals surface area contributed by atoms with Gasteiger partial charge in [0.05, 0.1) is 18.8 Å². The minimum Gasteiger partial charge on any atom is -0.495 e. The van der Waals surface area contributed by atoms with E-state index in [9.17, 15) is 4.79 Å². The first-order chi connectivity index (χ1) is 18.1. The van der Waals surface area contributed by atoms with Crippen LogP contribution in [0.5, 0.6) is 5.75 Å². The van der Waals surface area contributed by atoms with Gasteiger partial charge in [-0.15, -0.1) is 5.10 Å². The first kappa shape index (κ1) is 23.7. The van der Waals surface area contributed by atoms with Gasteiger partial charge in [-0.05, 0) is 65.9 Å². The number of aromatic amines is 1. The largest absolute Gasteiger partial charge is 0.495 e. The number of aryl methyl sites for hydroxylation is 1. The smallest absolute Gasteiger partial charge is 0.253 e. The zero-order valence-electron chi connectivity index (χ0n) is 21.4. The molecule has 3 heterocycles. The maximum absolute atomic E-state index is 13.5. The van der Waals surface area contributed by atoms with Crippen LogP contribution < -0.4 is 15.2 Å². The molecule has 0 unspecified atom stereocenters. The Morgan fingerprint density at radius 2 is 1.81 bits per heavy atom. The Kier molecular flexibility index (Phi) is 6.38. The summed E-state index contributed by atoms with van der Waals surface area (Å²) in [7, 11) is 1.71. The topological polar surface area (TPSA) is 92.2 Å². The Morgan fingerprint density at radius 1 is 1.03 bits per heavy atom. The molecule has 0 radical (unpaired) electrons. The van der Waals surface area contributed by atoms with Gasteiger partial charge in [-0.2, -0.15) is 0 Å². The summed E-state index contributed by atoms with van der Waals surface area (Å²) >= 11 is 0. The van der Waals surface area contributed by atoms with E-state index in [1.807, 2.05) is 41.1 Å². The molecule has 0 spiro atoms. The van der Waals surface area contributed by atoms with Crippen molar-refractivity contribution in [2.45, 2.75) is 44.7 Å². The number of fused-ring (bicyclic) bond motifs is 1. The first-order valence-corrected chi connectivity index (χ1v) is 13.2. The molecule has 37 heavy (non-hydrogen) atoms. The van der Waals surface area contributed by atoms with Crippen LogP contribution in [0.2, 0.25) is 0 Å². The third-order valence-corrected chi connectivity index (χ3v) is 7.86. The molecular weight excluding hydrogens is 466 g/mol. The number of nitrogens with one attached hydrogen (secondary N) is 1. The normalized spacial score (nSPS) is 17.9. The van der Waals surface area contributed by atoms with Crippen LogP contribution >= 0.6 is 0 Å². The lowest BCUT2D eigenvalue weighted by molar-refractivity contribution is 0.196. The van der Waals surface area contributed by atoms with Gasteiger partial charge in [0.2, 0.25) is 0 Å². The van der Waals surface area contributed by atoms with E-state index in [1.54, 1.807) is 7.11 Å². The first-order valence-electron chi connectivity index (χ1n) is 13.2. The Morgan fingerprint density at radius 3 is 2.59 bits per heavy atom. The summed E-state index contributed by atoms with van der Waals surface area (Å²) in [5.74, 6) is 1.63. The molecule has 1 saturated heterocycles. The number of nitrogens with zero attached hydrogens (tertiary/aromatic N) is 6. The Balaban J connectivity index is 1.39. The monoisotopic (exact) mass is 499 g/mol. The van der Waals surface area contributed by atoms with E-state index in [0.29, 0.717) is 5.56 Å². The molecule has 4 aromatic rings. The lowest BCUT2D eigenvalue weighted by Crippen LogP contribution is -2.49. The van der Waals surface area contributed by atoms with Crippen molar-refractivity contribution in [3.8, 4) is 5.75 Å². The molecule has 2 aromatic heterocycles. The van der Waals surface area contributed by atoms with Crippen LogP contribution in [0.1, 0.15) is 54.7 Å². The minimum atomic E-state index is -0.330. The number of rotatable bonds is 6. The molecule has 9 heteroatoms. The van der Waals surface area contributed by atoms with Crippen molar-refractivity contribution in [2.24, 2.45) is 0 Å². The molecule has 6 rings (SSSR count). The van der Waals surface area contributed by atoms with Crippen molar-refractivity contribution < 1.29 is 4.74 Å². The molecule has 192 valence electrons. The van der Waals surface area contributed by atoms with Crippen molar-refractivity contribution in [1.29, 1.82) is 0 Å². The van der Waals surface area contributed by atoms with E-state index in [2.05, 4.69) is 49.4 Å². The molecule has 1 N–H and O–H groups in total. The second kappa shape index (κ2) is 9.97. The van der Waals surface area contributed by atoms with Crippen LogP contribution in [0, 0.1) is 6.92 Å². The summed E-state index contributed by atoms with van der Waals surface area (Å²) in [6.45, 7) is 5.23. The van der Waals surface area contributed by atoms with Crippen LogP contribution in [0.15, 0.2) is 53.3 Å². The Labute approximate surface area is 216 Å². The third kappa shape index (κ3) is 4.48. The minimum absolute atomic E-state index is 0.0884. The number of anilines is 1. The number of ether oxygens (including phenoxy) is 1. The summed E-state index contributed by atoms with van der Waals surface area (Å²) in [6, 6.07) is 16.2. The highest BCUT2D eigenvalue weighted by Crippen LogP contribution is 2.35. The van der Waals surface area contributed by atoms with Gasteiger partial charge in [-0.25, -0.2) is 4.68 Å². The lowest BCUT2D eigenvalue weighted by Gasteiger charge is -2.40. The fourth-order valence-electron chi connectivity index (χ4n) is 5.95. The number of H-pyrrole nitrogens is 1. The van der Waals surface area contributed by atoms with Gasteiger partial charge in [0.15, 0.2) is 5.82 Å². The quantitative estimate of drug-likeness (QED) is 0.431. The molecule has 0 amide bonds. The predicted molar refractivity (Wildman–Crippen MR) is 143 cm³/mol. The van der Waals surface area contributed by atoms with E-state index in [0.717, 1.165) is 72.7 Å². The van der Waals surface area contributed by atoms with Gasteiger partial charge in [-0.1, -0.05) is 36.6 Å². The van der Waals surface area contributed by atoms with Gasteiger partial charge in [0.1, 0.15) is 11.8 Å². The van der Waals surface area contributed by atoms with Gasteiger partial charge in [0, 0.05) is 37.3 Å². The van der Waals surface area contributed by atoms with Crippen molar-refractivity contribution in [3.63, 3.8) is 0 Å². The fourth-order valence-corrected chi connectivity index (χ4v) is 5.95. The van der Waals surface area contributed by atoms with Gasteiger partial charge < -0.3 is 14.6 Å². The highest BCUT2D eigenvalue weighted by Gasteiger charge is 2.35. The van der Waals surface area contributed by atoms with Crippen LogP contribution in [0.4, 0.5) is 5.69 Å². The maximum atomic E-state index is 13.5. The van der Waals surface area contributed by atoms with E-state index >= 15 is 0 Å². The predicted octanol–water partition coefficient (Wildman–Crippen LogP) is 3.86. The molecule has 9 nitrogen and oxygen atoms in total. The van der Waals surface area contributed by atoms with Crippen LogP contribution in [0.3, 0.4) is 0 Å². The Hall–Kier alpha value is -3.72. The van der Waals surface area contributed by atoms with Crippen molar-refractivity contribution >= 4 is 16.6 Å². The molecule has 1 aliphatic carbocycles. The molecule has 0 bridgehead atoms. The van der Waals surface area contributed by atoms with Crippen molar-refractivity contribution in [3.05, 3.63) is 75.8 Å². The average Bonchev–Trinajstić information content (AvgIpc) is 3.62. The molecule has 2 aromatic carbocycles. The van der Waals surface area contributed by atoms with E-state index in [1.165, 1.54) is 12.8 Å². The summed E-state index contributed by atoms with van der Waals surface area (Å²) in [5.41, 5.74) is 3.70. The number of pyridine rings is 1. The number of para-hydroxylation sites is 2. The van der Waals surface area contributed by atoms with E-state index in [-0.39, 0.29) is 17.6 Å². The number of aromatic nitrogens is 5. The summed E-state index contributed by atoms with van der Waals surface area (Å²) in [6.07, 6.45) is 4.50. The number of methoxy groups -OCH3 is 1. The summed E-state index contributed by atoms with van der Waals surface area (Å²) in [5, 5.41) is 14.1. The number of tetrazole rings is 1. The van der Waals surface area contributed by atoms with Gasteiger partial charge in [0.25, 0.3) is 5.56 Å². The maximum Gasteiger partial charge on any atom is 0.253 e. The molecule has 1 atom stereocenters.